The van der Waals surface area contributed by atoms with Crippen molar-refractivity contribution in [2.75, 3.05) is 31.2 Å². The number of pyridine rings is 1. The predicted octanol–water partition coefficient (Wildman–Crippen LogP) is 0.895. The maximum atomic E-state index is 7.79. The number of nitrogens with one attached hydrogen (secondary N) is 1. The fraction of sp³-hybridized carbons (Fsp3) is 0.267. The number of nitrogens with two attached hydrogens (primary N) is 2. The molecular weight excluding hydrogens is 340 g/mol. The Morgan fingerprint density at radius 3 is 2.84 bits per heavy atom. The van der Waals surface area contributed by atoms with Crippen LogP contribution in [-0.2, 0) is 4.74 Å². The summed E-state index contributed by atoms with van der Waals surface area (Å²) < 4.78 is 5.40. The molecule has 0 saturated carbocycles. The minimum atomic E-state index is 0.209. The molecule has 1 saturated heterocycles. The average Bonchev–Trinajstić information content (AvgIpc) is 3.16. The number of nitrogens with zero attached hydrogens (tertiary/aromatic N) is 5. The highest BCUT2D eigenvalue weighted by Crippen LogP contribution is 2.33. The van der Waals surface area contributed by atoms with Crippen molar-refractivity contribution in [2.45, 2.75) is 0 Å². The summed E-state index contributed by atoms with van der Waals surface area (Å²) in [7, 11) is 0. The number of anilines is 1. The fourth-order valence-corrected chi connectivity index (χ4v) is 3.02. The third-order valence-electron chi connectivity index (χ3n) is 3.60. The Bertz CT molecular complexity index is 796. The number of aromatic nitrogens is 3. The lowest BCUT2D eigenvalue weighted by molar-refractivity contribution is 0.122. The van der Waals surface area contributed by atoms with Gasteiger partial charge in [-0.15, -0.1) is 10.2 Å². The molecule has 0 unspecified atom stereocenters. The number of rotatable bonds is 5. The van der Waals surface area contributed by atoms with Gasteiger partial charge in [0, 0.05) is 30.4 Å². The summed E-state index contributed by atoms with van der Waals surface area (Å²) in [5, 5.41) is 16.5. The van der Waals surface area contributed by atoms with Gasteiger partial charge in [0.05, 0.1) is 13.2 Å². The van der Waals surface area contributed by atoms with Crippen molar-refractivity contribution in [3.05, 3.63) is 29.4 Å². The minimum absolute atomic E-state index is 0.209. The number of ether oxygens (including phenoxy) is 1. The van der Waals surface area contributed by atoms with E-state index in [4.69, 9.17) is 21.6 Å². The molecule has 2 aromatic heterocycles. The standard InChI is InChI=1S/C15H18N8OS/c16-2-1-12(18)20-14-11(8-17)10(15-22-19-9-25-15)7-13(21-14)23-3-5-24-6-4-23/h1-2,7-9,17H,3-6,16H2,(H2,18,20,21)/b2-1-,17-8?. The molecule has 0 amide bonds. The topological polar surface area (TPSA) is 139 Å². The van der Waals surface area contributed by atoms with Gasteiger partial charge < -0.3 is 26.5 Å². The normalized spacial score (nSPS) is 15.7. The Morgan fingerprint density at radius 2 is 2.20 bits per heavy atom. The van der Waals surface area contributed by atoms with Crippen LogP contribution < -0.4 is 16.4 Å². The molecule has 0 aromatic carbocycles. The van der Waals surface area contributed by atoms with Gasteiger partial charge in [-0.05, 0) is 18.3 Å². The Kier molecular flexibility index (Phi) is 5.31. The molecular formula is C15H18N8OS. The molecule has 0 aliphatic carbocycles. The van der Waals surface area contributed by atoms with Gasteiger partial charge in [0.15, 0.2) is 5.82 Å². The third-order valence-corrected chi connectivity index (χ3v) is 4.32. The monoisotopic (exact) mass is 358 g/mol. The molecule has 5 N–H and O–H groups in total. The molecule has 0 spiro atoms. The molecule has 2 aromatic rings. The second kappa shape index (κ2) is 7.81. The molecule has 0 radical (unpaired) electrons. The summed E-state index contributed by atoms with van der Waals surface area (Å²) in [6.07, 6.45) is 3.98. The van der Waals surface area contributed by atoms with Gasteiger partial charge in [-0.1, -0.05) is 11.3 Å². The average molecular weight is 358 g/mol. The second-order valence-electron chi connectivity index (χ2n) is 5.15. The van der Waals surface area contributed by atoms with Crippen molar-refractivity contribution in [3.8, 4) is 10.6 Å². The predicted molar refractivity (Wildman–Crippen MR) is 98.7 cm³/mol. The van der Waals surface area contributed by atoms with E-state index in [2.05, 4.69) is 25.1 Å². The van der Waals surface area contributed by atoms with E-state index in [0.717, 1.165) is 24.5 Å². The summed E-state index contributed by atoms with van der Waals surface area (Å²) in [4.78, 5) is 11.0. The summed E-state index contributed by atoms with van der Waals surface area (Å²) >= 11 is 1.39. The zero-order valence-electron chi connectivity index (χ0n) is 13.4. The van der Waals surface area contributed by atoms with E-state index in [1.54, 1.807) is 5.51 Å². The highest BCUT2D eigenvalue weighted by atomic mass is 32.1. The smallest absolute Gasteiger partial charge is 0.166 e. The molecule has 1 aliphatic rings. The van der Waals surface area contributed by atoms with E-state index < -0.39 is 0 Å². The Hall–Kier alpha value is -2.85. The molecule has 10 heteroatoms. The van der Waals surface area contributed by atoms with Gasteiger partial charge in [0.2, 0.25) is 0 Å². The lowest BCUT2D eigenvalue weighted by Crippen LogP contribution is -2.36. The molecule has 9 nitrogen and oxygen atoms in total. The van der Waals surface area contributed by atoms with Crippen molar-refractivity contribution in [1.82, 2.24) is 15.2 Å². The third kappa shape index (κ3) is 3.80. The number of amidine groups is 1. The Morgan fingerprint density at radius 1 is 1.40 bits per heavy atom. The van der Waals surface area contributed by atoms with Crippen LogP contribution in [0.25, 0.3) is 10.6 Å². The van der Waals surface area contributed by atoms with Gasteiger partial charge >= 0.3 is 0 Å². The highest BCUT2D eigenvalue weighted by molar-refractivity contribution is 7.12. The molecule has 1 fully saturated rings. The van der Waals surface area contributed by atoms with Gasteiger partial charge in [-0.2, -0.15) is 0 Å². The lowest BCUT2D eigenvalue weighted by atomic mass is 10.1. The zero-order chi connectivity index (χ0) is 17.6. The van der Waals surface area contributed by atoms with Crippen molar-refractivity contribution in [3.63, 3.8) is 0 Å². The van der Waals surface area contributed by atoms with Gasteiger partial charge in [-0.25, -0.2) is 9.98 Å². The number of hydrogen-bond donors (Lipinski definition) is 3. The number of morpholine rings is 1. The van der Waals surface area contributed by atoms with E-state index in [0.29, 0.717) is 29.6 Å². The summed E-state index contributed by atoms with van der Waals surface area (Å²) in [5.41, 5.74) is 14.1. The van der Waals surface area contributed by atoms with E-state index >= 15 is 0 Å². The van der Waals surface area contributed by atoms with Crippen LogP contribution >= 0.6 is 11.3 Å². The van der Waals surface area contributed by atoms with Crippen molar-refractivity contribution >= 4 is 35.0 Å². The van der Waals surface area contributed by atoms with E-state index in [9.17, 15) is 0 Å². The fourth-order valence-electron chi connectivity index (χ4n) is 2.44. The molecule has 0 atom stereocenters. The van der Waals surface area contributed by atoms with Crippen LogP contribution in [0, 0.1) is 5.41 Å². The Balaban J connectivity index is 2.15. The second-order valence-corrected chi connectivity index (χ2v) is 5.98. The molecule has 3 rings (SSSR count). The molecule has 1 aliphatic heterocycles. The largest absolute Gasteiger partial charge is 0.404 e. The van der Waals surface area contributed by atoms with Crippen LogP contribution in [0.4, 0.5) is 11.6 Å². The zero-order valence-corrected chi connectivity index (χ0v) is 14.2. The number of aliphatic imine (C=N–C) groups is 1. The van der Waals surface area contributed by atoms with Crippen LogP contribution in [0.2, 0.25) is 0 Å². The first kappa shape index (κ1) is 17.0. The summed E-state index contributed by atoms with van der Waals surface area (Å²) in [6.45, 7) is 2.74. The van der Waals surface area contributed by atoms with Crippen molar-refractivity contribution < 1.29 is 4.74 Å². The van der Waals surface area contributed by atoms with Crippen LogP contribution in [-0.4, -0.2) is 53.5 Å². The van der Waals surface area contributed by atoms with Gasteiger partial charge in [0.25, 0.3) is 0 Å². The highest BCUT2D eigenvalue weighted by Gasteiger charge is 2.19. The minimum Gasteiger partial charge on any atom is -0.404 e. The quantitative estimate of drug-likeness (QED) is 0.533. The molecule has 3 heterocycles. The van der Waals surface area contributed by atoms with Crippen LogP contribution in [0.5, 0.6) is 0 Å². The SMILES string of the molecule is N=Cc1c(-c2nncs2)cc(N2CCOCC2)nc1/N=C(N)\C=C/N. The molecule has 0 bridgehead atoms. The first-order valence-electron chi connectivity index (χ1n) is 7.60. The van der Waals surface area contributed by atoms with Crippen molar-refractivity contribution in [1.29, 1.82) is 5.41 Å². The first-order valence-corrected chi connectivity index (χ1v) is 8.48. The van der Waals surface area contributed by atoms with E-state index in [1.165, 1.54) is 29.8 Å². The van der Waals surface area contributed by atoms with E-state index in [-0.39, 0.29) is 5.84 Å². The van der Waals surface area contributed by atoms with E-state index in [1.807, 2.05) is 6.07 Å². The summed E-state index contributed by atoms with van der Waals surface area (Å²) in [5.74, 6) is 1.29. The maximum Gasteiger partial charge on any atom is 0.166 e. The molecule has 130 valence electrons. The molecule has 25 heavy (non-hydrogen) atoms. The lowest BCUT2D eigenvalue weighted by Gasteiger charge is -2.28. The van der Waals surface area contributed by atoms with Crippen LogP contribution in [0.3, 0.4) is 0 Å². The number of hydrogen-bond acceptors (Lipinski definition) is 9. The summed E-state index contributed by atoms with van der Waals surface area (Å²) in [6, 6.07) is 1.90. The van der Waals surface area contributed by atoms with Crippen LogP contribution in [0.1, 0.15) is 5.56 Å². The first-order chi connectivity index (χ1) is 12.2. The Labute approximate surface area is 148 Å². The van der Waals surface area contributed by atoms with Gasteiger partial charge in [-0.3, -0.25) is 0 Å². The van der Waals surface area contributed by atoms with Gasteiger partial charge in [0.1, 0.15) is 22.2 Å². The maximum absolute atomic E-state index is 7.79. The van der Waals surface area contributed by atoms with Crippen LogP contribution in [0.15, 0.2) is 28.8 Å². The van der Waals surface area contributed by atoms with Crippen molar-refractivity contribution in [2.24, 2.45) is 16.5 Å².